The molecule has 0 heterocycles. The van der Waals surface area contributed by atoms with Gasteiger partial charge in [0, 0.05) is 18.3 Å². The molecule has 0 aromatic rings. The van der Waals surface area contributed by atoms with Crippen LogP contribution in [0.15, 0.2) is 12.2 Å². The van der Waals surface area contributed by atoms with E-state index in [1.807, 2.05) is 13.0 Å². The van der Waals surface area contributed by atoms with Gasteiger partial charge in [-0.15, -0.1) is 0 Å². The Morgan fingerprint density at radius 2 is 2.08 bits per heavy atom. The van der Waals surface area contributed by atoms with Crippen molar-refractivity contribution in [3.05, 3.63) is 12.2 Å². The van der Waals surface area contributed by atoms with Crippen molar-refractivity contribution in [2.75, 3.05) is 0 Å². The second-order valence-corrected chi connectivity index (χ2v) is 4.58. The van der Waals surface area contributed by atoms with Crippen LogP contribution in [-0.4, -0.2) is 16.5 Å². The molecule has 0 spiro atoms. The third kappa shape index (κ3) is 1.08. The average molecular weight is 180 g/mol. The van der Waals surface area contributed by atoms with Crippen molar-refractivity contribution in [1.82, 2.24) is 0 Å². The summed E-state index contributed by atoms with van der Waals surface area (Å²) in [5, 5.41) is 10.3. The summed E-state index contributed by atoms with van der Waals surface area (Å²) in [6.45, 7) is 2.04. The first-order chi connectivity index (χ1) is 6.08. The molecule has 0 aromatic heterocycles. The third-order valence-electron chi connectivity index (χ3n) is 3.74. The fraction of sp³-hybridized carbons (Fsp3) is 0.727. The summed E-state index contributed by atoms with van der Waals surface area (Å²) in [6, 6.07) is 0. The molecule has 0 aliphatic heterocycles. The summed E-state index contributed by atoms with van der Waals surface area (Å²) in [6.07, 6.45) is 7.85. The normalized spacial score (nSPS) is 44.6. The molecule has 0 amide bonds. The third-order valence-corrected chi connectivity index (χ3v) is 3.74. The summed E-state index contributed by atoms with van der Waals surface area (Å²) in [7, 11) is 0. The molecule has 2 heteroatoms. The number of Topliss-reactive ketones (excluding diaryl/α,β-unsaturated/α-hetero) is 1. The Labute approximate surface area is 78.6 Å². The van der Waals surface area contributed by atoms with Gasteiger partial charge in [0.15, 0.2) is 5.78 Å². The topological polar surface area (TPSA) is 37.3 Å². The number of fused-ring (bicyclic) bond motifs is 1. The molecule has 0 unspecified atom stereocenters. The highest BCUT2D eigenvalue weighted by molar-refractivity contribution is 5.89. The predicted octanol–water partition coefficient (Wildman–Crippen LogP) is 1.83. The predicted molar refractivity (Wildman–Crippen MR) is 50.3 cm³/mol. The molecule has 1 saturated carbocycles. The smallest absolute Gasteiger partial charge is 0.165 e. The van der Waals surface area contributed by atoms with Gasteiger partial charge in [-0.1, -0.05) is 19.1 Å². The van der Waals surface area contributed by atoms with Gasteiger partial charge < -0.3 is 5.11 Å². The van der Waals surface area contributed by atoms with Gasteiger partial charge in [-0.2, -0.15) is 0 Å². The zero-order chi connectivity index (χ0) is 9.53. The van der Waals surface area contributed by atoms with Gasteiger partial charge in [0.1, 0.15) is 5.60 Å². The van der Waals surface area contributed by atoms with Gasteiger partial charge in [-0.25, -0.2) is 0 Å². The van der Waals surface area contributed by atoms with E-state index in [0.29, 0.717) is 12.8 Å². The van der Waals surface area contributed by atoms with E-state index in [-0.39, 0.29) is 11.2 Å². The first-order valence-corrected chi connectivity index (χ1v) is 4.99. The van der Waals surface area contributed by atoms with Crippen molar-refractivity contribution in [2.45, 2.75) is 44.6 Å². The van der Waals surface area contributed by atoms with E-state index in [9.17, 15) is 9.90 Å². The highest BCUT2D eigenvalue weighted by atomic mass is 16.3. The lowest BCUT2D eigenvalue weighted by atomic mass is 9.59. The van der Waals surface area contributed by atoms with Crippen LogP contribution in [0.5, 0.6) is 0 Å². The van der Waals surface area contributed by atoms with Crippen LogP contribution >= 0.6 is 0 Å². The first-order valence-electron chi connectivity index (χ1n) is 4.99. The lowest BCUT2D eigenvalue weighted by Crippen LogP contribution is -2.56. The summed E-state index contributed by atoms with van der Waals surface area (Å²) in [5.41, 5.74) is -1.25. The number of allylic oxidation sites excluding steroid dienone is 1. The molecule has 2 aliphatic carbocycles. The van der Waals surface area contributed by atoms with Crippen LogP contribution in [-0.2, 0) is 4.79 Å². The van der Waals surface area contributed by atoms with Gasteiger partial charge in [-0.3, -0.25) is 4.79 Å². The van der Waals surface area contributed by atoms with Gasteiger partial charge in [0.05, 0.1) is 0 Å². The van der Waals surface area contributed by atoms with Crippen molar-refractivity contribution in [3.8, 4) is 0 Å². The number of carbonyl (C=O) groups is 1. The Morgan fingerprint density at radius 1 is 1.38 bits per heavy atom. The minimum Gasteiger partial charge on any atom is -0.381 e. The summed E-state index contributed by atoms with van der Waals surface area (Å²) in [4.78, 5) is 11.7. The standard InChI is InChI=1S/C11H16O2/c1-10-6-2-3-8-11(10,13)9(12)5-4-7-10/h2-3,13H,4-8H2,1H3/t10-,11-/m1/s1. The highest BCUT2D eigenvalue weighted by Crippen LogP contribution is 2.49. The van der Waals surface area contributed by atoms with Crippen LogP contribution in [0.3, 0.4) is 0 Å². The Kier molecular flexibility index (Phi) is 1.84. The maximum atomic E-state index is 11.7. The van der Waals surface area contributed by atoms with E-state index >= 15 is 0 Å². The van der Waals surface area contributed by atoms with E-state index in [1.54, 1.807) is 0 Å². The van der Waals surface area contributed by atoms with Crippen molar-refractivity contribution in [3.63, 3.8) is 0 Å². The minimum absolute atomic E-state index is 0.0469. The fourth-order valence-electron chi connectivity index (χ4n) is 2.62. The van der Waals surface area contributed by atoms with Crippen molar-refractivity contribution >= 4 is 5.78 Å². The lowest BCUT2D eigenvalue weighted by molar-refractivity contribution is -0.160. The zero-order valence-electron chi connectivity index (χ0n) is 8.05. The van der Waals surface area contributed by atoms with Crippen LogP contribution in [0.2, 0.25) is 0 Å². The highest BCUT2D eigenvalue weighted by Gasteiger charge is 2.53. The summed E-state index contributed by atoms with van der Waals surface area (Å²) < 4.78 is 0. The first kappa shape index (κ1) is 8.95. The summed E-state index contributed by atoms with van der Waals surface area (Å²) >= 11 is 0. The monoisotopic (exact) mass is 180 g/mol. The maximum Gasteiger partial charge on any atom is 0.165 e. The SMILES string of the molecule is C[C@]12CC=CC[C@@]1(O)C(=O)CCC2. The summed E-state index contributed by atoms with van der Waals surface area (Å²) in [5.74, 6) is 0.0469. The van der Waals surface area contributed by atoms with Crippen molar-refractivity contribution in [1.29, 1.82) is 0 Å². The lowest BCUT2D eigenvalue weighted by Gasteiger charge is -2.48. The molecule has 0 saturated heterocycles. The minimum atomic E-state index is -1.06. The molecule has 0 bridgehead atoms. The number of carbonyl (C=O) groups excluding carboxylic acids is 1. The number of ketones is 1. The average Bonchev–Trinajstić information content (AvgIpc) is 2.09. The Bertz CT molecular complexity index is 269. The molecule has 13 heavy (non-hydrogen) atoms. The molecule has 1 N–H and O–H groups in total. The molecule has 72 valence electrons. The van der Waals surface area contributed by atoms with E-state index in [1.165, 1.54) is 0 Å². The largest absolute Gasteiger partial charge is 0.381 e. The van der Waals surface area contributed by atoms with Gasteiger partial charge >= 0.3 is 0 Å². The van der Waals surface area contributed by atoms with Gasteiger partial charge in [-0.05, 0) is 19.3 Å². The van der Waals surface area contributed by atoms with Crippen LogP contribution in [0.25, 0.3) is 0 Å². The number of hydrogen-bond acceptors (Lipinski definition) is 2. The zero-order valence-corrected chi connectivity index (χ0v) is 8.05. The van der Waals surface area contributed by atoms with Crippen LogP contribution in [0, 0.1) is 5.41 Å². The Balaban J connectivity index is 2.40. The fourth-order valence-corrected chi connectivity index (χ4v) is 2.62. The van der Waals surface area contributed by atoms with Gasteiger partial charge in [0.25, 0.3) is 0 Å². The quantitative estimate of drug-likeness (QED) is 0.577. The molecule has 2 aliphatic rings. The van der Waals surface area contributed by atoms with E-state index in [2.05, 4.69) is 6.08 Å². The molecule has 0 radical (unpaired) electrons. The second-order valence-electron chi connectivity index (χ2n) is 4.58. The number of rotatable bonds is 0. The number of aliphatic hydroxyl groups is 1. The second kappa shape index (κ2) is 2.68. The maximum absolute atomic E-state index is 11.7. The van der Waals surface area contributed by atoms with Crippen LogP contribution in [0.1, 0.15) is 39.0 Å². The molecule has 0 aromatic carbocycles. The van der Waals surface area contributed by atoms with Crippen molar-refractivity contribution in [2.24, 2.45) is 5.41 Å². The number of hydrogen-bond donors (Lipinski definition) is 1. The van der Waals surface area contributed by atoms with Gasteiger partial charge in [0.2, 0.25) is 0 Å². The molecular formula is C11H16O2. The van der Waals surface area contributed by atoms with Crippen molar-refractivity contribution < 1.29 is 9.90 Å². The Morgan fingerprint density at radius 3 is 2.77 bits per heavy atom. The molecule has 2 atom stereocenters. The molecular weight excluding hydrogens is 164 g/mol. The molecule has 2 rings (SSSR count). The molecule has 1 fully saturated rings. The van der Waals surface area contributed by atoms with E-state index in [4.69, 9.17) is 0 Å². The van der Waals surface area contributed by atoms with E-state index < -0.39 is 5.60 Å². The van der Waals surface area contributed by atoms with Crippen LogP contribution < -0.4 is 0 Å². The Hall–Kier alpha value is -0.630. The molecule has 2 nitrogen and oxygen atoms in total. The van der Waals surface area contributed by atoms with Crippen LogP contribution in [0.4, 0.5) is 0 Å². The van der Waals surface area contributed by atoms with E-state index in [0.717, 1.165) is 19.3 Å².